The maximum Gasteiger partial charge on any atom is 0.238 e. The van der Waals surface area contributed by atoms with Crippen molar-refractivity contribution in [3.63, 3.8) is 0 Å². The van der Waals surface area contributed by atoms with E-state index in [0.29, 0.717) is 34.9 Å². The van der Waals surface area contributed by atoms with E-state index < -0.39 is 0 Å². The van der Waals surface area contributed by atoms with Gasteiger partial charge in [-0.15, -0.1) is 0 Å². The summed E-state index contributed by atoms with van der Waals surface area (Å²) in [6, 6.07) is 5.74. The molecule has 1 aliphatic heterocycles. The fraction of sp³-hybridized carbons (Fsp3) is 0.533. The second-order valence-corrected chi connectivity index (χ2v) is 6.33. The summed E-state index contributed by atoms with van der Waals surface area (Å²) in [5.74, 6) is -0.0550. The van der Waals surface area contributed by atoms with Gasteiger partial charge in [0.1, 0.15) is 0 Å². The Bertz CT molecular complexity index is 510. The minimum atomic E-state index is -0.0550. The quantitative estimate of drug-likeness (QED) is 0.892. The first-order chi connectivity index (χ1) is 10.0. The molecule has 2 unspecified atom stereocenters. The molecule has 1 saturated heterocycles. The van der Waals surface area contributed by atoms with Crippen LogP contribution in [0.2, 0.25) is 10.0 Å². The van der Waals surface area contributed by atoms with Gasteiger partial charge in [0, 0.05) is 24.3 Å². The van der Waals surface area contributed by atoms with Crippen LogP contribution >= 0.6 is 23.2 Å². The summed E-state index contributed by atoms with van der Waals surface area (Å²) in [5, 5.41) is 3.76. The molecule has 2 rings (SSSR count). The van der Waals surface area contributed by atoms with Gasteiger partial charge in [0.2, 0.25) is 5.91 Å². The molecule has 0 bridgehead atoms. The number of carbonyl (C=O) groups is 1. The van der Waals surface area contributed by atoms with Gasteiger partial charge in [-0.3, -0.25) is 9.69 Å². The Morgan fingerprint density at radius 1 is 1.38 bits per heavy atom. The number of rotatable bonds is 4. The van der Waals surface area contributed by atoms with E-state index >= 15 is 0 Å². The Kier molecular flexibility index (Phi) is 5.88. The third-order valence-electron chi connectivity index (χ3n) is 4.00. The largest absolute Gasteiger partial charge is 0.329 e. The van der Waals surface area contributed by atoms with Crippen LogP contribution in [0.3, 0.4) is 0 Å². The van der Waals surface area contributed by atoms with Crippen molar-refractivity contribution in [2.45, 2.75) is 38.3 Å². The van der Waals surface area contributed by atoms with E-state index in [1.54, 1.807) is 18.2 Å². The van der Waals surface area contributed by atoms with Gasteiger partial charge in [0.25, 0.3) is 0 Å². The number of likely N-dealkylation sites (tertiary alicyclic amines) is 1. The van der Waals surface area contributed by atoms with Gasteiger partial charge < -0.3 is 11.1 Å². The van der Waals surface area contributed by atoms with Crippen LogP contribution < -0.4 is 11.1 Å². The lowest BCUT2D eigenvalue weighted by atomic mass is 9.96. The zero-order valence-electron chi connectivity index (χ0n) is 12.1. The van der Waals surface area contributed by atoms with E-state index in [0.717, 1.165) is 12.8 Å². The van der Waals surface area contributed by atoms with Gasteiger partial charge in [-0.1, -0.05) is 29.6 Å². The lowest BCUT2D eigenvalue weighted by molar-refractivity contribution is -0.118. The highest BCUT2D eigenvalue weighted by Gasteiger charge is 2.28. The number of nitrogens with two attached hydrogens (primary N) is 1. The number of nitrogens with one attached hydrogen (secondary N) is 1. The Balaban J connectivity index is 1.98. The molecule has 1 fully saturated rings. The lowest BCUT2D eigenvalue weighted by Crippen LogP contribution is -2.51. The molecule has 21 heavy (non-hydrogen) atoms. The minimum Gasteiger partial charge on any atom is -0.329 e. The topological polar surface area (TPSA) is 58.4 Å². The SMILES string of the molecule is CC1CCCC(CN)N1CC(=O)Nc1ccc(Cl)c(Cl)c1. The lowest BCUT2D eigenvalue weighted by Gasteiger charge is -2.39. The van der Waals surface area contributed by atoms with Crippen LogP contribution in [0.5, 0.6) is 0 Å². The molecule has 0 aliphatic carbocycles. The first kappa shape index (κ1) is 16.6. The van der Waals surface area contributed by atoms with Crippen molar-refractivity contribution in [3.8, 4) is 0 Å². The molecule has 0 radical (unpaired) electrons. The normalized spacial score (nSPS) is 23.0. The number of nitrogens with zero attached hydrogens (tertiary/aromatic N) is 1. The standard InChI is InChI=1S/C15H21Cl2N3O/c1-10-3-2-4-12(8-18)20(10)9-15(21)19-11-5-6-13(16)14(17)7-11/h5-7,10,12H,2-4,8-9,18H2,1H3,(H,19,21). The molecule has 6 heteroatoms. The van der Waals surface area contributed by atoms with E-state index in [4.69, 9.17) is 28.9 Å². The molecule has 1 amide bonds. The number of piperidine rings is 1. The van der Waals surface area contributed by atoms with Crippen molar-refractivity contribution in [2.24, 2.45) is 5.73 Å². The number of halogens is 2. The van der Waals surface area contributed by atoms with E-state index in [-0.39, 0.29) is 11.9 Å². The minimum absolute atomic E-state index is 0.0550. The highest BCUT2D eigenvalue weighted by molar-refractivity contribution is 6.42. The molecule has 1 aromatic carbocycles. The molecule has 0 aromatic heterocycles. The first-order valence-corrected chi connectivity index (χ1v) is 7.97. The predicted molar refractivity (Wildman–Crippen MR) is 88.0 cm³/mol. The summed E-state index contributed by atoms with van der Waals surface area (Å²) in [5.41, 5.74) is 6.47. The average molecular weight is 330 g/mol. The maximum absolute atomic E-state index is 12.2. The molecule has 3 N–H and O–H groups in total. The predicted octanol–water partition coefficient (Wildman–Crippen LogP) is 3.13. The van der Waals surface area contributed by atoms with Gasteiger partial charge >= 0.3 is 0 Å². The second kappa shape index (κ2) is 7.45. The van der Waals surface area contributed by atoms with Gasteiger partial charge in [0.05, 0.1) is 16.6 Å². The van der Waals surface area contributed by atoms with Crippen LogP contribution in [0.1, 0.15) is 26.2 Å². The van der Waals surface area contributed by atoms with Gasteiger partial charge in [-0.2, -0.15) is 0 Å². The van der Waals surface area contributed by atoms with Crippen LogP contribution in [0.4, 0.5) is 5.69 Å². The van der Waals surface area contributed by atoms with Crippen molar-refractivity contribution in [1.82, 2.24) is 4.90 Å². The Hall–Kier alpha value is -0.810. The van der Waals surface area contributed by atoms with E-state index in [1.165, 1.54) is 6.42 Å². The number of hydrogen-bond acceptors (Lipinski definition) is 3. The van der Waals surface area contributed by atoms with Gasteiger partial charge in [-0.25, -0.2) is 0 Å². The molecule has 1 aromatic rings. The number of amides is 1. The van der Waals surface area contributed by atoms with Gasteiger partial charge in [-0.05, 0) is 38.0 Å². The average Bonchev–Trinajstić information content (AvgIpc) is 2.45. The third kappa shape index (κ3) is 4.33. The number of carbonyl (C=O) groups excluding carboxylic acids is 1. The highest BCUT2D eigenvalue weighted by Crippen LogP contribution is 2.25. The number of benzene rings is 1. The molecule has 1 heterocycles. The van der Waals surface area contributed by atoms with Crippen LogP contribution in [0.25, 0.3) is 0 Å². The van der Waals surface area contributed by atoms with E-state index in [1.807, 2.05) is 0 Å². The number of hydrogen-bond donors (Lipinski definition) is 2. The molecule has 1 aliphatic rings. The van der Waals surface area contributed by atoms with Crippen LogP contribution in [0.15, 0.2) is 18.2 Å². The molecular weight excluding hydrogens is 309 g/mol. The highest BCUT2D eigenvalue weighted by atomic mass is 35.5. The Labute approximate surface area is 135 Å². The Morgan fingerprint density at radius 3 is 2.81 bits per heavy atom. The van der Waals surface area contributed by atoms with Crippen LogP contribution in [-0.2, 0) is 4.79 Å². The summed E-state index contributed by atoms with van der Waals surface area (Å²) in [4.78, 5) is 14.4. The summed E-state index contributed by atoms with van der Waals surface area (Å²) in [7, 11) is 0. The third-order valence-corrected chi connectivity index (χ3v) is 4.74. The van der Waals surface area contributed by atoms with E-state index in [2.05, 4.69) is 17.1 Å². The smallest absolute Gasteiger partial charge is 0.238 e. The summed E-state index contributed by atoms with van der Waals surface area (Å²) in [6.45, 7) is 3.09. The molecule has 0 saturated carbocycles. The fourth-order valence-electron chi connectivity index (χ4n) is 2.82. The molecule has 4 nitrogen and oxygen atoms in total. The zero-order valence-corrected chi connectivity index (χ0v) is 13.6. The van der Waals surface area contributed by atoms with Crippen molar-refractivity contribution in [2.75, 3.05) is 18.4 Å². The molecular formula is C15H21Cl2N3O. The van der Waals surface area contributed by atoms with Crippen molar-refractivity contribution >= 4 is 34.8 Å². The summed E-state index contributed by atoms with van der Waals surface area (Å²) < 4.78 is 0. The van der Waals surface area contributed by atoms with Crippen LogP contribution in [-0.4, -0.2) is 36.0 Å². The maximum atomic E-state index is 12.2. The van der Waals surface area contributed by atoms with Crippen molar-refractivity contribution < 1.29 is 4.79 Å². The van der Waals surface area contributed by atoms with Crippen molar-refractivity contribution in [3.05, 3.63) is 28.2 Å². The molecule has 0 spiro atoms. The second-order valence-electron chi connectivity index (χ2n) is 5.52. The zero-order chi connectivity index (χ0) is 15.4. The van der Waals surface area contributed by atoms with E-state index in [9.17, 15) is 4.79 Å². The molecule has 2 atom stereocenters. The molecule has 116 valence electrons. The monoisotopic (exact) mass is 329 g/mol. The fourth-order valence-corrected chi connectivity index (χ4v) is 3.12. The Morgan fingerprint density at radius 2 is 2.14 bits per heavy atom. The summed E-state index contributed by atoms with van der Waals surface area (Å²) in [6.07, 6.45) is 3.34. The van der Waals surface area contributed by atoms with Gasteiger partial charge in [0.15, 0.2) is 0 Å². The first-order valence-electron chi connectivity index (χ1n) is 7.22. The summed E-state index contributed by atoms with van der Waals surface area (Å²) >= 11 is 11.8. The van der Waals surface area contributed by atoms with Crippen molar-refractivity contribution in [1.29, 1.82) is 0 Å². The van der Waals surface area contributed by atoms with Crippen LogP contribution in [0, 0.1) is 0 Å². The number of anilines is 1.